The number of amides is 1. The van der Waals surface area contributed by atoms with Crippen molar-refractivity contribution >= 4 is 34.1 Å². The summed E-state index contributed by atoms with van der Waals surface area (Å²) in [7, 11) is 0. The van der Waals surface area contributed by atoms with Gasteiger partial charge in [0.15, 0.2) is 0 Å². The minimum atomic E-state index is -0.374. The summed E-state index contributed by atoms with van der Waals surface area (Å²) in [4.78, 5) is 16.2. The Bertz CT molecular complexity index is 642. The maximum atomic E-state index is 11.8. The fraction of sp³-hybridized carbons (Fsp3) is 0.200. The van der Waals surface area contributed by atoms with Gasteiger partial charge < -0.3 is 10.6 Å². The number of hydrogen-bond donors (Lipinski definition) is 2. The third-order valence-electron chi connectivity index (χ3n) is 2.90. The van der Waals surface area contributed by atoms with Gasteiger partial charge in [-0.2, -0.15) is 0 Å². The second kappa shape index (κ2) is 6.39. The van der Waals surface area contributed by atoms with Crippen LogP contribution in [0, 0.1) is 0 Å². The second-order valence-electron chi connectivity index (χ2n) is 4.39. The van der Waals surface area contributed by atoms with E-state index < -0.39 is 0 Å². The molecule has 1 atom stereocenters. The van der Waals surface area contributed by atoms with E-state index in [0.717, 1.165) is 16.6 Å². The summed E-state index contributed by atoms with van der Waals surface area (Å²) in [5.41, 5.74) is 1.54. The molecule has 2 aromatic rings. The molecule has 20 heavy (non-hydrogen) atoms. The van der Waals surface area contributed by atoms with Crippen LogP contribution in [0.2, 0.25) is 5.02 Å². The lowest BCUT2D eigenvalue weighted by molar-refractivity contribution is -0.121. The lowest BCUT2D eigenvalue weighted by atomic mass is 10.1. The predicted molar refractivity (Wildman–Crippen MR) is 83.0 cm³/mol. The van der Waals surface area contributed by atoms with Crippen LogP contribution in [0.25, 0.3) is 10.9 Å². The van der Waals surface area contributed by atoms with E-state index in [9.17, 15) is 4.79 Å². The third-order valence-corrected chi connectivity index (χ3v) is 3.23. The van der Waals surface area contributed by atoms with Crippen LogP contribution in [0.15, 0.2) is 43.1 Å². The zero-order valence-corrected chi connectivity index (χ0v) is 11.9. The fourth-order valence-electron chi connectivity index (χ4n) is 1.88. The van der Waals surface area contributed by atoms with Crippen LogP contribution in [0.1, 0.15) is 6.92 Å². The third kappa shape index (κ3) is 3.08. The molecule has 0 aliphatic carbocycles. The summed E-state index contributed by atoms with van der Waals surface area (Å²) < 4.78 is 0. The van der Waals surface area contributed by atoms with Gasteiger partial charge >= 0.3 is 0 Å². The van der Waals surface area contributed by atoms with E-state index in [2.05, 4.69) is 22.2 Å². The Hall–Kier alpha value is -2.07. The van der Waals surface area contributed by atoms with Gasteiger partial charge in [-0.3, -0.25) is 9.78 Å². The summed E-state index contributed by atoms with van der Waals surface area (Å²) in [6.45, 7) is 5.81. The normalized spacial score (nSPS) is 11.9. The summed E-state index contributed by atoms with van der Waals surface area (Å²) >= 11 is 6.14. The van der Waals surface area contributed by atoms with E-state index in [1.54, 1.807) is 25.3 Å². The van der Waals surface area contributed by atoms with E-state index >= 15 is 0 Å². The van der Waals surface area contributed by atoms with Gasteiger partial charge in [0.2, 0.25) is 5.91 Å². The van der Waals surface area contributed by atoms with Crippen molar-refractivity contribution in [1.29, 1.82) is 0 Å². The number of nitrogens with one attached hydrogen (secondary N) is 2. The highest BCUT2D eigenvalue weighted by molar-refractivity contribution is 6.35. The Labute approximate surface area is 122 Å². The first-order chi connectivity index (χ1) is 9.63. The number of pyridine rings is 1. The monoisotopic (exact) mass is 289 g/mol. The molecule has 0 bridgehead atoms. The number of anilines is 1. The average Bonchev–Trinajstić information content (AvgIpc) is 2.47. The molecule has 4 nitrogen and oxygen atoms in total. The van der Waals surface area contributed by atoms with Crippen LogP contribution < -0.4 is 10.6 Å². The Morgan fingerprint density at radius 3 is 3.05 bits per heavy atom. The van der Waals surface area contributed by atoms with E-state index in [-0.39, 0.29) is 11.9 Å². The number of nitrogens with zero attached hydrogens (tertiary/aromatic N) is 1. The van der Waals surface area contributed by atoms with E-state index in [4.69, 9.17) is 11.6 Å². The summed E-state index contributed by atoms with van der Waals surface area (Å²) in [6, 6.07) is 6.98. The molecule has 1 unspecified atom stereocenters. The van der Waals surface area contributed by atoms with Crippen LogP contribution >= 0.6 is 11.6 Å². The number of fused-ring (bicyclic) bond motifs is 1. The van der Waals surface area contributed by atoms with Crippen LogP contribution in [-0.2, 0) is 4.79 Å². The quantitative estimate of drug-likeness (QED) is 0.832. The molecule has 1 heterocycles. The van der Waals surface area contributed by atoms with Crippen molar-refractivity contribution in [3.8, 4) is 0 Å². The molecule has 0 aliphatic rings. The molecule has 0 saturated heterocycles. The molecule has 1 amide bonds. The van der Waals surface area contributed by atoms with Crippen LogP contribution in [0.4, 0.5) is 5.69 Å². The van der Waals surface area contributed by atoms with Gasteiger partial charge in [0.25, 0.3) is 0 Å². The standard InChI is InChI=1S/C15H16ClN3O/c1-3-8-18-15(20)10(2)19-13-7-6-12(16)11-5-4-9-17-14(11)13/h3-7,9-10,19H,1,8H2,2H3,(H,18,20). The Morgan fingerprint density at radius 1 is 1.50 bits per heavy atom. The number of hydrogen-bond acceptors (Lipinski definition) is 3. The minimum Gasteiger partial charge on any atom is -0.372 e. The van der Waals surface area contributed by atoms with Crippen LogP contribution in [0.3, 0.4) is 0 Å². The molecular formula is C15H16ClN3O. The fourth-order valence-corrected chi connectivity index (χ4v) is 2.09. The molecule has 2 rings (SSSR count). The molecule has 2 N–H and O–H groups in total. The summed E-state index contributed by atoms with van der Waals surface area (Å²) in [6.07, 6.45) is 3.34. The Kier molecular flexibility index (Phi) is 4.58. The number of benzene rings is 1. The van der Waals surface area contributed by atoms with Crippen LogP contribution in [0.5, 0.6) is 0 Å². The molecule has 0 aliphatic heterocycles. The van der Waals surface area contributed by atoms with Crippen molar-refractivity contribution in [2.24, 2.45) is 0 Å². The number of aromatic nitrogens is 1. The second-order valence-corrected chi connectivity index (χ2v) is 4.80. The first kappa shape index (κ1) is 14.3. The highest BCUT2D eigenvalue weighted by Crippen LogP contribution is 2.28. The Balaban J connectivity index is 2.24. The summed E-state index contributed by atoms with van der Waals surface area (Å²) in [5, 5.41) is 7.40. The molecule has 5 heteroatoms. The molecule has 0 spiro atoms. The highest BCUT2D eigenvalue weighted by atomic mass is 35.5. The smallest absolute Gasteiger partial charge is 0.242 e. The lowest BCUT2D eigenvalue weighted by Gasteiger charge is -2.16. The van der Waals surface area contributed by atoms with Crippen molar-refractivity contribution in [3.63, 3.8) is 0 Å². The number of halogens is 1. The SMILES string of the molecule is C=CCNC(=O)C(C)Nc1ccc(Cl)c2cccnc12. The van der Waals surface area contributed by atoms with Crippen molar-refractivity contribution in [2.75, 3.05) is 11.9 Å². The number of carbonyl (C=O) groups is 1. The number of carbonyl (C=O) groups excluding carboxylic acids is 1. The van der Waals surface area contributed by atoms with Gasteiger partial charge in [0.05, 0.1) is 16.2 Å². The zero-order chi connectivity index (χ0) is 14.5. The van der Waals surface area contributed by atoms with E-state index in [0.29, 0.717) is 11.6 Å². The van der Waals surface area contributed by atoms with E-state index in [1.165, 1.54) is 0 Å². The molecule has 0 radical (unpaired) electrons. The molecule has 1 aromatic carbocycles. The van der Waals surface area contributed by atoms with Gasteiger partial charge in [-0.15, -0.1) is 6.58 Å². The Morgan fingerprint density at radius 2 is 2.30 bits per heavy atom. The highest BCUT2D eigenvalue weighted by Gasteiger charge is 2.14. The van der Waals surface area contributed by atoms with Gasteiger partial charge in [0, 0.05) is 18.1 Å². The maximum absolute atomic E-state index is 11.8. The maximum Gasteiger partial charge on any atom is 0.242 e. The van der Waals surface area contributed by atoms with Crippen LogP contribution in [-0.4, -0.2) is 23.5 Å². The predicted octanol–water partition coefficient (Wildman–Crippen LogP) is 2.99. The van der Waals surface area contributed by atoms with Crippen molar-refractivity contribution < 1.29 is 4.79 Å². The lowest BCUT2D eigenvalue weighted by Crippen LogP contribution is -2.37. The van der Waals surface area contributed by atoms with Crippen molar-refractivity contribution in [1.82, 2.24) is 10.3 Å². The first-order valence-electron chi connectivity index (χ1n) is 6.32. The van der Waals surface area contributed by atoms with Gasteiger partial charge in [-0.1, -0.05) is 17.7 Å². The topological polar surface area (TPSA) is 54.0 Å². The molecule has 104 valence electrons. The minimum absolute atomic E-state index is 0.0936. The number of rotatable bonds is 5. The van der Waals surface area contributed by atoms with Gasteiger partial charge in [-0.05, 0) is 31.2 Å². The first-order valence-corrected chi connectivity index (χ1v) is 6.69. The van der Waals surface area contributed by atoms with Gasteiger partial charge in [-0.25, -0.2) is 0 Å². The molecular weight excluding hydrogens is 274 g/mol. The molecule has 0 saturated carbocycles. The van der Waals surface area contributed by atoms with Crippen molar-refractivity contribution in [3.05, 3.63) is 48.1 Å². The molecule has 0 fully saturated rings. The molecule has 1 aromatic heterocycles. The zero-order valence-electron chi connectivity index (χ0n) is 11.2. The van der Waals surface area contributed by atoms with Gasteiger partial charge in [0.1, 0.15) is 6.04 Å². The van der Waals surface area contributed by atoms with Crippen molar-refractivity contribution in [2.45, 2.75) is 13.0 Å². The summed E-state index contributed by atoms with van der Waals surface area (Å²) in [5.74, 6) is -0.0936. The van der Waals surface area contributed by atoms with E-state index in [1.807, 2.05) is 18.2 Å². The average molecular weight is 290 g/mol. The largest absolute Gasteiger partial charge is 0.372 e.